The molecule has 0 atom stereocenters. The zero-order valence-electron chi connectivity index (χ0n) is 14.5. The third kappa shape index (κ3) is 3.91. The summed E-state index contributed by atoms with van der Waals surface area (Å²) in [5.74, 6) is 1.54. The molecule has 2 aromatic heterocycles. The summed E-state index contributed by atoms with van der Waals surface area (Å²) in [5.41, 5.74) is 2.65. The second-order valence-electron chi connectivity index (χ2n) is 5.86. The Morgan fingerprint density at radius 1 is 1.20 bits per heavy atom. The van der Waals surface area contributed by atoms with Gasteiger partial charge in [-0.05, 0) is 31.2 Å². The van der Waals surface area contributed by atoms with Crippen LogP contribution in [-0.2, 0) is 0 Å². The van der Waals surface area contributed by atoms with Crippen molar-refractivity contribution >= 4 is 34.6 Å². The van der Waals surface area contributed by atoms with Crippen LogP contribution in [0, 0.1) is 6.92 Å². The van der Waals surface area contributed by atoms with E-state index in [-0.39, 0.29) is 0 Å². The molecule has 3 aromatic rings. The molecule has 7 heteroatoms. The van der Waals surface area contributed by atoms with Crippen LogP contribution in [0.3, 0.4) is 0 Å². The highest BCUT2D eigenvalue weighted by Crippen LogP contribution is 2.33. The summed E-state index contributed by atoms with van der Waals surface area (Å²) in [6.45, 7) is 6.29. The standard InChI is InChI=1S/C18H19ClN4OS/c1-10(2)17-21-11(3)16(25-17)14-7-8-20-18(23-14)22-12-5-6-15(24-4)13(19)9-12/h5-10H,1-4H3,(H,20,22,23). The zero-order chi connectivity index (χ0) is 18.0. The fourth-order valence-corrected chi connectivity index (χ4v) is 3.62. The van der Waals surface area contributed by atoms with Crippen molar-refractivity contribution in [1.29, 1.82) is 0 Å². The molecule has 5 nitrogen and oxygen atoms in total. The van der Waals surface area contributed by atoms with E-state index in [2.05, 4.69) is 34.1 Å². The monoisotopic (exact) mass is 374 g/mol. The number of hydrogen-bond donors (Lipinski definition) is 1. The van der Waals surface area contributed by atoms with E-state index >= 15 is 0 Å². The lowest BCUT2D eigenvalue weighted by molar-refractivity contribution is 0.415. The molecular weight excluding hydrogens is 356 g/mol. The van der Waals surface area contributed by atoms with Gasteiger partial charge in [0.05, 0.1) is 33.4 Å². The first-order valence-corrected chi connectivity index (χ1v) is 9.08. The van der Waals surface area contributed by atoms with Crippen molar-refractivity contribution in [3.63, 3.8) is 0 Å². The fraction of sp³-hybridized carbons (Fsp3) is 0.278. The molecule has 0 spiro atoms. The molecule has 0 saturated heterocycles. The Morgan fingerprint density at radius 2 is 2.00 bits per heavy atom. The summed E-state index contributed by atoms with van der Waals surface area (Å²) in [5, 5.41) is 4.82. The van der Waals surface area contributed by atoms with Crippen LogP contribution in [0.1, 0.15) is 30.5 Å². The summed E-state index contributed by atoms with van der Waals surface area (Å²) in [7, 11) is 1.59. The van der Waals surface area contributed by atoms with Crippen LogP contribution in [0.2, 0.25) is 5.02 Å². The van der Waals surface area contributed by atoms with Crippen molar-refractivity contribution in [2.24, 2.45) is 0 Å². The lowest BCUT2D eigenvalue weighted by Gasteiger charge is -2.08. The number of nitrogens with one attached hydrogen (secondary N) is 1. The summed E-state index contributed by atoms with van der Waals surface area (Å²) >= 11 is 7.84. The van der Waals surface area contributed by atoms with Crippen molar-refractivity contribution in [3.05, 3.63) is 46.2 Å². The van der Waals surface area contributed by atoms with E-state index in [0.29, 0.717) is 22.6 Å². The topological polar surface area (TPSA) is 59.9 Å². The number of nitrogens with zero attached hydrogens (tertiary/aromatic N) is 3. The van der Waals surface area contributed by atoms with Crippen molar-refractivity contribution in [1.82, 2.24) is 15.0 Å². The molecule has 1 N–H and O–H groups in total. The predicted molar refractivity (Wildman–Crippen MR) is 103 cm³/mol. The van der Waals surface area contributed by atoms with Crippen LogP contribution in [0.25, 0.3) is 10.6 Å². The lowest BCUT2D eigenvalue weighted by atomic mass is 10.2. The molecule has 0 bridgehead atoms. The smallest absolute Gasteiger partial charge is 0.227 e. The van der Waals surface area contributed by atoms with E-state index in [1.807, 2.05) is 19.1 Å². The molecule has 0 radical (unpaired) electrons. The Morgan fingerprint density at radius 3 is 2.64 bits per heavy atom. The van der Waals surface area contributed by atoms with Gasteiger partial charge in [0, 0.05) is 17.8 Å². The Bertz CT molecular complexity index is 895. The molecule has 0 aliphatic rings. The highest BCUT2D eigenvalue weighted by Gasteiger charge is 2.14. The largest absolute Gasteiger partial charge is 0.495 e. The number of thiazole rings is 1. The summed E-state index contributed by atoms with van der Waals surface area (Å²) < 4.78 is 5.17. The average Bonchev–Trinajstić information content (AvgIpc) is 2.97. The number of methoxy groups -OCH3 is 1. The normalized spacial score (nSPS) is 11.0. The van der Waals surface area contributed by atoms with Crippen molar-refractivity contribution in [2.45, 2.75) is 26.7 Å². The van der Waals surface area contributed by atoms with Gasteiger partial charge in [0.25, 0.3) is 0 Å². The SMILES string of the molecule is COc1ccc(Nc2nccc(-c3sc(C(C)C)nc3C)n2)cc1Cl. The van der Waals surface area contributed by atoms with Crippen molar-refractivity contribution in [3.8, 4) is 16.3 Å². The van der Waals surface area contributed by atoms with Gasteiger partial charge in [-0.1, -0.05) is 25.4 Å². The van der Waals surface area contributed by atoms with Gasteiger partial charge >= 0.3 is 0 Å². The highest BCUT2D eigenvalue weighted by molar-refractivity contribution is 7.15. The molecule has 0 saturated carbocycles. The van der Waals surface area contributed by atoms with Gasteiger partial charge in [-0.2, -0.15) is 0 Å². The molecule has 0 aliphatic carbocycles. The molecule has 1 aromatic carbocycles. The van der Waals surface area contributed by atoms with Gasteiger partial charge in [0.1, 0.15) is 5.75 Å². The van der Waals surface area contributed by atoms with Crippen LogP contribution in [-0.4, -0.2) is 22.1 Å². The van der Waals surface area contributed by atoms with Crippen LogP contribution in [0.5, 0.6) is 5.75 Å². The van der Waals surface area contributed by atoms with Crippen molar-refractivity contribution in [2.75, 3.05) is 12.4 Å². The molecule has 3 rings (SSSR count). The highest BCUT2D eigenvalue weighted by atomic mass is 35.5. The quantitative estimate of drug-likeness (QED) is 0.644. The Kier molecular flexibility index (Phi) is 5.20. The summed E-state index contributed by atoms with van der Waals surface area (Å²) in [4.78, 5) is 14.6. The number of halogens is 1. The number of aryl methyl sites for hydroxylation is 1. The van der Waals surface area contributed by atoms with E-state index < -0.39 is 0 Å². The van der Waals surface area contributed by atoms with E-state index in [4.69, 9.17) is 16.3 Å². The zero-order valence-corrected chi connectivity index (χ0v) is 16.1. The Labute approximate surface area is 156 Å². The first-order valence-electron chi connectivity index (χ1n) is 7.89. The lowest BCUT2D eigenvalue weighted by Crippen LogP contribution is -1.98. The van der Waals surface area contributed by atoms with E-state index in [1.165, 1.54) is 0 Å². The van der Waals surface area contributed by atoms with Crippen LogP contribution in [0.4, 0.5) is 11.6 Å². The fourth-order valence-electron chi connectivity index (χ4n) is 2.32. The second-order valence-corrected chi connectivity index (χ2v) is 7.30. The Balaban J connectivity index is 1.88. The van der Waals surface area contributed by atoms with Gasteiger partial charge in [-0.3, -0.25) is 0 Å². The third-order valence-electron chi connectivity index (χ3n) is 3.60. The molecule has 25 heavy (non-hydrogen) atoms. The number of aromatic nitrogens is 3. The molecule has 0 aliphatic heterocycles. The number of hydrogen-bond acceptors (Lipinski definition) is 6. The van der Waals surface area contributed by atoms with Crippen LogP contribution >= 0.6 is 22.9 Å². The maximum Gasteiger partial charge on any atom is 0.227 e. The molecule has 0 amide bonds. The number of anilines is 2. The minimum atomic E-state index is 0.401. The van der Waals surface area contributed by atoms with Crippen molar-refractivity contribution < 1.29 is 4.74 Å². The summed E-state index contributed by atoms with van der Waals surface area (Å²) in [6.07, 6.45) is 1.74. The van der Waals surface area contributed by atoms with Crippen LogP contribution < -0.4 is 10.1 Å². The third-order valence-corrected chi connectivity index (χ3v) is 5.38. The minimum absolute atomic E-state index is 0.401. The average molecular weight is 375 g/mol. The minimum Gasteiger partial charge on any atom is -0.495 e. The van der Waals surface area contributed by atoms with E-state index in [9.17, 15) is 0 Å². The molecule has 0 fully saturated rings. The number of benzene rings is 1. The molecular formula is C18H19ClN4OS. The van der Waals surface area contributed by atoms with Crippen LogP contribution in [0.15, 0.2) is 30.5 Å². The van der Waals surface area contributed by atoms with Gasteiger partial charge in [-0.15, -0.1) is 11.3 Å². The predicted octanol–water partition coefficient (Wildman–Crippen LogP) is 5.44. The maximum absolute atomic E-state index is 6.16. The van der Waals surface area contributed by atoms with Gasteiger partial charge in [-0.25, -0.2) is 15.0 Å². The Hall–Kier alpha value is -2.18. The summed E-state index contributed by atoms with van der Waals surface area (Å²) in [6, 6.07) is 7.36. The van der Waals surface area contributed by atoms with Gasteiger partial charge in [0.15, 0.2) is 0 Å². The van der Waals surface area contributed by atoms with Gasteiger partial charge in [0.2, 0.25) is 5.95 Å². The molecule has 130 valence electrons. The first kappa shape index (κ1) is 17.6. The van der Waals surface area contributed by atoms with E-state index in [0.717, 1.165) is 27.0 Å². The second kappa shape index (κ2) is 7.37. The molecule has 2 heterocycles. The molecule has 0 unspecified atom stereocenters. The van der Waals surface area contributed by atoms with Gasteiger partial charge < -0.3 is 10.1 Å². The number of ether oxygens (including phenoxy) is 1. The number of rotatable bonds is 5. The maximum atomic E-state index is 6.16. The van der Waals surface area contributed by atoms with E-state index in [1.54, 1.807) is 36.8 Å². The first-order chi connectivity index (χ1) is 12.0.